The average molecular weight is 218 g/mol. The number of hydrogen-bond donors (Lipinski definition) is 1. The SMILES string of the molecule is Cc1cc(C)c2sc(NC3CC3)nc2c1. The van der Waals surface area contributed by atoms with Gasteiger partial charge in [0.1, 0.15) is 0 Å². The third-order valence-electron chi connectivity index (χ3n) is 2.73. The third-order valence-corrected chi connectivity index (χ3v) is 3.86. The van der Waals surface area contributed by atoms with E-state index in [2.05, 4.69) is 36.3 Å². The Morgan fingerprint density at radius 1 is 1.33 bits per heavy atom. The molecule has 15 heavy (non-hydrogen) atoms. The third kappa shape index (κ3) is 1.72. The van der Waals surface area contributed by atoms with Crippen molar-refractivity contribution in [3.05, 3.63) is 23.3 Å². The van der Waals surface area contributed by atoms with Gasteiger partial charge in [-0.1, -0.05) is 17.4 Å². The minimum atomic E-state index is 0.687. The summed E-state index contributed by atoms with van der Waals surface area (Å²) in [4.78, 5) is 4.62. The van der Waals surface area contributed by atoms with Crippen molar-refractivity contribution in [1.29, 1.82) is 0 Å². The minimum Gasteiger partial charge on any atom is -0.359 e. The fourth-order valence-electron chi connectivity index (χ4n) is 1.84. The molecule has 0 bridgehead atoms. The highest BCUT2D eigenvalue weighted by atomic mass is 32.1. The fourth-order valence-corrected chi connectivity index (χ4v) is 2.83. The van der Waals surface area contributed by atoms with Crippen molar-refractivity contribution < 1.29 is 0 Å². The Kier molecular flexibility index (Phi) is 1.96. The second-order valence-corrected chi connectivity index (χ2v) is 5.37. The van der Waals surface area contributed by atoms with Crippen LogP contribution in [0.15, 0.2) is 12.1 Å². The molecule has 3 heteroatoms. The zero-order valence-corrected chi connectivity index (χ0v) is 9.82. The topological polar surface area (TPSA) is 24.9 Å². The number of aryl methyl sites for hydroxylation is 2. The highest BCUT2D eigenvalue weighted by molar-refractivity contribution is 7.22. The molecule has 0 aliphatic heterocycles. The van der Waals surface area contributed by atoms with Crippen LogP contribution in [0, 0.1) is 13.8 Å². The van der Waals surface area contributed by atoms with Crippen LogP contribution in [0.25, 0.3) is 10.2 Å². The van der Waals surface area contributed by atoms with Gasteiger partial charge in [-0.15, -0.1) is 0 Å². The summed E-state index contributed by atoms with van der Waals surface area (Å²) in [5.41, 5.74) is 3.77. The number of rotatable bonds is 2. The Hall–Kier alpha value is -1.09. The summed E-state index contributed by atoms with van der Waals surface area (Å²) in [6.45, 7) is 4.29. The van der Waals surface area contributed by atoms with E-state index in [-0.39, 0.29) is 0 Å². The molecule has 0 saturated heterocycles. The van der Waals surface area contributed by atoms with Crippen molar-refractivity contribution in [3.63, 3.8) is 0 Å². The molecule has 0 spiro atoms. The number of fused-ring (bicyclic) bond motifs is 1. The zero-order valence-electron chi connectivity index (χ0n) is 9.00. The molecule has 1 aromatic carbocycles. The van der Waals surface area contributed by atoms with Gasteiger partial charge in [-0.3, -0.25) is 0 Å². The normalized spacial score (nSPS) is 15.9. The summed E-state index contributed by atoms with van der Waals surface area (Å²) in [5.74, 6) is 0. The van der Waals surface area contributed by atoms with E-state index in [4.69, 9.17) is 0 Å². The minimum absolute atomic E-state index is 0.687. The summed E-state index contributed by atoms with van der Waals surface area (Å²) in [6, 6.07) is 5.07. The number of nitrogens with zero attached hydrogens (tertiary/aromatic N) is 1. The van der Waals surface area contributed by atoms with Gasteiger partial charge in [-0.2, -0.15) is 0 Å². The van der Waals surface area contributed by atoms with E-state index in [0.717, 1.165) is 10.6 Å². The Morgan fingerprint density at radius 3 is 2.87 bits per heavy atom. The zero-order chi connectivity index (χ0) is 10.4. The van der Waals surface area contributed by atoms with Crippen molar-refractivity contribution in [2.45, 2.75) is 32.7 Å². The van der Waals surface area contributed by atoms with E-state index >= 15 is 0 Å². The molecule has 2 nitrogen and oxygen atoms in total. The van der Waals surface area contributed by atoms with E-state index < -0.39 is 0 Å². The first kappa shape index (κ1) is 9.16. The van der Waals surface area contributed by atoms with E-state index in [1.54, 1.807) is 11.3 Å². The van der Waals surface area contributed by atoms with E-state index in [1.807, 2.05) is 0 Å². The summed E-state index contributed by atoms with van der Waals surface area (Å²) < 4.78 is 1.32. The van der Waals surface area contributed by atoms with Gasteiger partial charge in [0.15, 0.2) is 5.13 Å². The summed E-state index contributed by atoms with van der Waals surface area (Å²) in [5, 5.41) is 4.54. The van der Waals surface area contributed by atoms with E-state index in [0.29, 0.717) is 6.04 Å². The summed E-state index contributed by atoms with van der Waals surface area (Å²) >= 11 is 1.78. The van der Waals surface area contributed by atoms with Gasteiger partial charge in [0, 0.05) is 6.04 Å². The molecule has 78 valence electrons. The van der Waals surface area contributed by atoms with Crippen molar-refractivity contribution in [2.24, 2.45) is 0 Å². The molecule has 1 aliphatic rings. The molecule has 1 aromatic heterocycles. The molecule has 1 heterocycles. The number of aromatic nitrogens is 1. The molecule has 0 amide bonds. The smallest absolute Gasteiger partial charge is 0.184 e. The molecule has 0 radical (unpaired) electrons. The van der Waals surface area contributed by atoms with Gasteiger partial charge in [0.05, 0.1) is 10.2 Å². The molecule has 1 N–H and O–H groups in total. The summed E-state index contributed by atoms with van der Waals surface area (Å²) in [7, 11) is 0. The first-order valence-corrected chi connectivity index (χ1v) is 6.18. The molecule has 1 saturated carbocycles. The highest BCUT2D eigenvalue weighted by Gasteiger charge is 2.22. The summed E-state index contributed by atoms with van der Waals surface area (Å²) in [6.07, 6.45) is 2.60. The van der Waals surface area contributed by atoms with Crippen LogP contribution in [0.5, 0.6) is 0 Å². The Morgan fingerprint density at radius 2 is 2.13 bits per heavy atom. The van der Waals surface area contributed by atoms with Crippen LogP contribution in [0.4, 0.5) is 5.13 Å². The molecule has 0 unspecified atom stereocenters. The van der Waals surface area contributed by atoms with Crippen molar-refractivity contribution in [1.82, 2.24) is 4.98 Å². The molecular formula is C12H14N2S. The van der Waals surface area contributed by atoms with Crippen LogP contribution in [-0.4, -0.2) is 11.0 Å². The number of nitrogens with one attached hydrogen (secondary N) is 1. The monoisotopic (exact) mass is 218 g/mol. The lowest BCUT2D eigenvalue weighted by atomic mass is 10.1. The fraction of sp³-hybridized carbons (Fsp3) is 0.417. The predicted molar refractivity (Wildman–Crippen MR) is 65.7 cm³/mol. The van der Waals surface area contributed by atoms with Gasteiger partial charge < -0.3 is 5.32 Å². The number of thiazole rings is 1. The maximum Gasteiger partial charge on any atom is 0.184 e. The number of hydrogen-bond acceptors (Lipinski definition) is 3. The molecule has 0 atom stereocenters. The molecule has 1 fully saturated rings. The lowest BCUT2D eigenvalue weighted by Gasteiger charge is -1.95. The van der Waals surface area contributed by atoms with Gasteiger partial charge in [0.2, 0.25) is 0 Å². The first-order valence-electron chi connectivity index (χ1n) is 5.37. The van der Waals surface area contributed by atoms with Crippen LogP contribution in [-0.2, 0) is 0 Å². The maximum absolute atomic E-state index is 4.62. The van der Waals surface area contributed by atoms with E-state index in [1.165, 1.54) is 28.7 Å². The van der Waals surface area contributed by atoms with E-state index in [9.17, 15) is 0 Å². The van der Waals surface area contributed by atoms with Crippen LogP contribution < -0.4 is 5.32 Å². The van der Waals surface area contributed by atoms with Crippen molar-refractivity contribution >= 4 is 26.7 Å². The Balaban J connectivity index is 2.07. The second kappa shape index (κ2) is 3.20. The van der Waals surface area contributed by atoms with Crippen LogP contribution in [0.2, 0.25) is 0 Å². The average Bonchev–Trinajstić information content (AvgIpc) is 2.85. The molecule has 2 aromatic rings. The van der Waals surface area contributed by atoms with Crippen molar-refractivity contribution in [2.75, 3.05) is 5.32 Å². The largest absolute Gasteiger partial charge is 0.359 e. The lowest BCUT2D eigenvalue weighted by molar-refractivity contribution is 1.14. The van der Waals surface area contributed by atoms with Gasteiger partial charge in [-0.25, -0.2) is 4.98 Å². The van der Waals surface area contributed by atoms with Crippen LogP contribution in [0.3, 0.4) is 0 Å². The molecule has 1 aliphatic carbocycles. The van der Waals surface area contributed by atoms with Gasteiger partial charge in [0.25, 0.3) is 0 Å². The Labute approximate surface area is 93.3 Å². The van der Waals surface area contributed by atoms with Crippen LogP contribution >= 0.6 is 11.3 Å². The molecular weight excluding hydrogens is 204 g/mol. The lowest BCUT2D eigenvalue weighted by Crippen LogP contribution is -1.99. The Bertz CT molecular complexity index is 512. The standard InChI is InChI=1S/C12H14N2S/c1-7-5-8(2)11-10(6-7)14-12(15-11)13-9-3-4-9/h5-6,9H,3-4H2,1-2H3,(H,13,14). The quantitative estimate of drug-likeness (QED) is 0.834. The predicted octanol–water partition coefficient (Wildman–Crippen LogP) is 3.49. The highest BCUT2D eigenvalue weighted by Crippen LogP contribution is 2.32. The first-order chi connectivity index (χ1) is 7.22. The number of benzene rings is 1. The van der Waals surface area contributed by atoms with Crippen LogP contribution in [0.1, 0.15) is 24.0 Å². The van der Waals surface area contributed by atoms with Gasteiger partial charge in [-0.05, 0) is 43.9 Å². The second-order valence-electron chi connectivity index (χ2n) is 4.37. The number of anilines is 1. The maximum atomic E-state index is 4.62. The van der Waals surface area contributed by atoms with Gasteiger partial charge >= 0.3 is 0 Å². The van der Waals surface area contributed by atoms with Crippen molar-refractivity contribution in [3.8, 4) is 0 Å². The molecule has 3 rings (SSSR count).